The number of carbonyl (C=O) groups is 1. The van der Waals surface area contributed by atoms with Crippen molar-refractivity contribution in [1.29, 1.82) is 0 Å². The predicted molar refractivity (Wildman–Crippen MR) is 63.6 cm³/mol. The van der Waals surface area contributed by atoms with Gasteiger partial charge in [0, 0.05) is 5.56 Å². The maximum atomic E-state index is 11.4. The molecule has 0 heterocycles. The Morgan fingerprint density at radius 3 is 2.62 bits per heavy atom. The van der Waals surface area contributed by atoms with Crippen LogP contribution in [0.5, 0.6) is 5.75 Å². The van der Waals surface area contributed by atoms with E-state index in [1.54, 1.807) is 25.3 Å². The molecule has 0 spiro atoms. The topological polar surface area (TPSA) is 35.5 Å². The summed E-state index contributed by atoms with van der Waals surface area (Å²) in [7, 11) is 2.87. The van der Waals surface area contributed by atoms with E-state index >= 15 is 0 Å². The lowest BCUT2D eigenvalue weighted by molar-refractivity contribution is -0.133. The number of hydrogen-bond donors (Lipinski definition) is 0. The van der Waals surface area contributed by atoms with Crippen molar-refractivity contribution in [2.45, 2.75) is 5.88 Å². The first kappa shape index (κ1) is 12.6. The standard InChI is InChI=1S/C12H13ClO3/c1-8(12(14)16-3)9-5-4-6-11(15-2)10(9)7-13/h4-6H,1,7H2,2-3H3. The molecule has 0 aliphatic carbocycles. The monoisotopic (exact) mass is 240 g/mol. The third-order valence-electron chi connectivity index (χ3n) is 2.24. The lowest BCUT2D eigenvalue weighted by Crippen LogP contribution is -2.05. The van der Waals surface area contributed by atoms with Gasteiger partial charge in [-0.15, -0.1) is 11.6 Å². The number of hydrogen-bond acceptors (Lipinski definition) is 3. The van der Waals surface area contributed by atoms with Crippen molar-refractivity contribution in [3.63, 3.8) is 0 Å². The first-order chi connectivity index (χ1) is 7.65. The Hall–Kier alpha value is -1.48. The van der Waals surface area contributed by atoms with Gasteiger partial charge in [-0.25, -0.2) is 4.79 Å². The van der Waals surface area contributed by atoms with Crippen LogP contribution < -0.4 is 4.74 Å². The van der Waals surface area contributed by atoms with E-state index < -0.39 is 5.97 Å². The zero-order valence-electron chi connectivity index (χ0n) is 9.25. The van der Waals surface area contributed by atoms with Gasteiger partial charge >= 0.3 is 5.97 Å². The molecule has 0 amide bonds. The van der Waals surface area contributed by atoms with E-state index in [1.807, 2.05) is 0 Å². The van der Waals surface area contributed by atoms with Crippen LogP contribution in [0.1, 0.15) is 11.1 Å². The molecular formula is C12H13ClO3. The quantitative estimate of drug-likeness (QED) is 0.461. The van der Waals surface area contributed by atoms with Crippen LogP contribution in [-0.2, 0) is 15.4 Å². The highest BCUT2D eigenvalue weighted by Gasteiger charge is 2.15. The van der Waals surface area contributed by atoms with Crippen LogP contribution in [0, 0.1) is 0 Å². The molecule has 0 bridgehead atoms. The van der Waals surface area contributed by atoms with E-state index in [2.05, 4.69) is 11.3 Å². The number of alkyl halides is 1. The van der Waals surface area contributed by atoms with Gasteiger partial charge in [0.2, 0.25) is 0 Å². The Morgan fingerprint density at radius 2 is 2.12 bits per heavy atom. The van der Waals surface area contributed by atoms with E-state index in [-0.39, 0.29) is 11.5 Å². The second-order valence-electron chi connectivity index (χ2n) is 3.09. The fourth-order valence-electron chi connectivity index (χ4n) is 1.41. The third kappa shape index (κ3) is 2.36. The van der Waals surface area contributed by atoms with E-state index in [4.69, 9.17) is 16.3 Å². The van der Waals surface area contributed by atoms with Gasteiger partial charge in [0.15, 0.2) is 0 Å². The Labute approximate surface area is 99.6 Å². The summed E-state index contributed by atoms with van der Waals surface area (Å²) in [6.45, 7) is 3.69. The molecule has 0 saturated carbocycles. The maximum absolute atomic E-state index is 11.4. The second kappa shape index (κ2) is 5.56. The van der Waals surface area contributed by atoms with Gasteiger partial charge in [-0.1, -0.05) is 18.7 Å². The van der Waals surface area contributed by atoms with Crippen molar-refractivity contribution in [3.8, 4) is 5.75 Å². The van der Waals surface area contributed by atoms with E-state index in [0.29, 0.717) is 11.3 Å². The van der Waals surface area contributed by atoms with Gasteiger partial charge < -0.3 is 9.47 Å². The minimum atomic E-state index is -0.473. The molecule has 4 heteroatoms. The van der Waals surface area contributed by atoms with E-state index in [9.17, 15) is 4.79 Å². The lowest BCUT2D eigenvalue weighted by atomic mass is 10.0. The van der Waals surface area contributed by atoms with Crippen LogP contribution in [0.4, 0.5) is 0 Å². The van der Waals surface area contributed by atoms with Crippen LogP contribution in [0.15, 0.2) is 24.8 Å². The first-order valence-electron chi connectivity index (χ1n) is 4.65. The van der Waals surface area contributed by atoms with Crippen LogP contribution in [0.3, 0.4) is 0 Å². The smallest absolute Gasteiger partial charge is 0.337 e. The SMILES string of the molecule is C=C(C(=O)OC)c1cccc(OC)c1CCl. The lowest BCUT2D eigenvalue weighted by Gasteiger charge is -2.12. The Kier molecular flexibility index (Phi) is 4.38. The number of ether oxygens (including phenoxy) is 2. The van der Waals surface area contributed by atoms with Gasteiger partial charge in [0.05, 0.1) is 25.7 Å². The molecule has 1 rings (SSSR count). The molecule has 0 radical (unpaired) electrons. The number of benzene rings is 1. The van der Waals surface area contributed by atoms with Crippen molar-refractivity contribution in [2.24, 2.45) is 0 Å². The normalized spacial score (nSPS) is 9.69. The molecule has 1 aromatic rings. The minimum absolute atomic E-state index is 0.245. The largest absolute Gasteiger partial charge is 0.496 e. The van der Waals surface area contributed by atoms with Crippen LogP contribution in [0.2, 0.25) is 0 Å². The molecular weight excluding hydrogens is 228 g/mol. The van der Waals surface area contributed by atoms with Crippen molar-refractivity contribution in [2.75, 3.05) is 14.2 Å². The van der Waals surface area contributed by atoms with Gasteiger partial charge in [-0.2, -0.15) is 0 Å². The summed E-state index contributed by atoms with van der Waals surface area (Å²) in [5.74, 6) is 0.409. The highest BCUT2D eigenvalue weighted by molar-refractivity contribution is 6.20. The van der Waals surface area contributed by atoms with Gasteiger partial charge in [0.25, 0.3) is 0 Å². The number of esters is 1. The summed E-state index contributed by atoms with van der Waals surface area (Å²) >= 11 is 5.83. The van der Waals surface area contributed by atoms with Crippen molar-refractivity contribution >= 4 is 23.1 Å². The Morgan fingerprint density at radius 1 is 1.44 bits per heavy atom. The zero-order valence-corrected chi connectivity index (χ0v) is 10.0. The van der Waals surface area contributed by atoms with Gasteiger partial charge in [0.1, 0.15) is 5.75 Å². The number of methoxy groups -OCH3 is 2. The molecule has 0 unspecified atom stereocenters. The average molecular weight is 241 g/mol. The maximum Gasteiger partial charge on any atom is 0.337 e. The summed E-state index contributed by atoms with van der Waals surface area (Å²) in [4.78, 5) is 11.4. The number of carbonyl (C=O) groups excluding carboxylic acids is 1. The summed E-state index contributed by atoms with van der Waals surface area (Å²) in [5, 5.41) is 0. The highest BCUT2D eigenvalue weighted by Crippen LogP contribution is 2.28. The molecule has 0 saturated heterocycles. The molecule has 0 aromatic heterocycles. The summed E-state index contributed by atoms with van der Waals surface area (Å²) in [6.07, 6.45) is 0. The highest BCUT2D eigenvalue weighted by atomic mass is 35.5. The van der Waals surface area contributed by atoms with E-state index in [0.717, 1.165) is 5.56 Å². The molecule has 3 nitrogen and oxygen atoms in total. The number of rotatable bonds is 4. The molecule has 1 aromatic carbocycles. The molecule has 0 aliphatic heterocycles. The minimum Gasteiger partial charge on any atom is -0.496 e. The summed E-state index contributed by atoms with van der Waals surface area (Å²) in [6, 6.07) is 5.32. The molecule has 0 aliphatic rings. The number of halogens is 1. The van der Waals surface area contributed by atoms with Crippen molar-refractivity contribution in [1.82, 2.24) is 0 Å². The van der Waals surface area contributed by atoms with Crippen LogP contribution in [0.25, 0.3) is 5.57 Å². The summed E-state index contributed by atoms with van der Waals surface area (Å²) < 4.78 is 9.78. The zero-order chi connectivity index (χ0) is 12.1. The van der Waals surface area contributed by atoms with Gasteiger partial charge in [-0.05, 0) is 11.6 Å². The van der Waals surface area contributed by atoms with Crippen LogP contribution in [-0.4, -0.2) is 20.2 Å². The fourth-order valence-corrected chi connectivity index (χ4v) is 1.69. The van der Waals surface area contributed by atoms with Crippen molar-refractivity contribution < 1.29 is 14.3 Å². The predicted octanol–water partition coefficient (Wildman–Crippen LogP) is 2.62. The van der Waals surface area contributed by atoms with Gasteiger partial charge in [-0.3, -0.25) is 0 Å². The summed E-state index contributed by atoms with van der Waals surface area (Å²) in [5.41, 5.74) is 1.67. The molecule has 86 valence electrons. The average Bonchev–Trinajstić information content (AvgIpc) is 2.35. The van der Waals surface area contributed by atoms with E-state index in [1.165, 1.54) is 7.11 Å². The molecule has 0 fully saturated rings. The Bertz CT molecular complexity index is 413. The third-order valence-corrected chi connectivity index (χ3v) is 2.51. The molecule has 0 N–H and O–H groups in total. The molecule has 0 atom stereocenters. The van der Waals surface area contributed by atoms with Crippen LogP contribution >= 0.6 is 11.6 Å². The van der Waals surface area contributed by atoms with Crippen molar-refractivity contribution in [3.05, 3.63) is 35.9 Å². The fraction of sp³-hybridized carbons (Fsp3) is 0.250. The first-order valence-corrected chi connectivity index (χ1v) is 5.18. The Balaban J connectivity index is 3.23. The molecule has 16 heavy (non-hydrogen) atoms. The second-order valence-corrected chi connectivity index (χ2v) is 3.36.